The second kappa shape index (κ2) is 6.44. The molecular formula is C20H23N5O. The molecule has 2 aromatic heterocycles. The molecule has 26 heavy (non-hydrogen) atoms. The van der Waals surface area contributed by atoms with Crippen molar-refractivity contribution in [1.29, 1.82) is 0 Å². The van der Waals surface area contributed by atoms with Crippen molar-refractivity contribution >= 4 is 23.1 Å². The number of anilines is 2. The maximum Gasteiger partial charge on any atom is 0.229 e. The maximum absolute atomic E-state index is 12.5. The van der Waals surface area contributed by atoms with Crippen molar-refractivity contribution in [3.63, 3.8) is 0 Å². The van der Waals surface area contributed by atoms with Gasteiger partial charge < -0.3 is 10.2 Å². The highest BCUT2D eigenvalue weighted by Gasteiger charge is 2.31. The van der Waals surface area contributed by atoms with E-state index in [1.807, 2.05) is 48.2 Å². The Hall–Kier alpha value is -2.89. The zero-order chi connectivity index (χ0) is 18.3. The van der Waals surface area contributed by atoms with E-state index in [4.69, 9.17) is 0 Å². The summed E-state index contributed by atoms with van der Waals surface area (Å²) in [5.74, 6) is 1.35. The lowest BCUT2D eigenvalue weighted by atomic mass is 10.1. The Balaban J connectivity index is 1.58. The second-order valence-electron chi connectivity index (χ2n) is 7.21. The summed E-state index contributed by atoms with van der Waals surface area (Å²) in [5, 5.41) is 7.86. The Kier molecular flexibility index (Phi) is 4.11. The van der Waals surface area contributed by atoms with E-state index in [9.17, 15) is 4.79 Å². The normalized spacial score (nSPS) is 17.5. The van der Waals surface area contributed by atoms with E-state index in [-0.39, 0.29) is 11.9 Å². The van der Waals surface area contributed by atoms with E-state index >= 15 is 0 Å². The fourth-order valence-corrected chi connectivity index (χ4v) is 3.32. The third-order valence-electron chi connectivity index (χ3n) is 4.79. The molecule has 6 heteroatoms. The molecule has 3 aromatic rings. The van der Waals surface area contributed by atoms with Crippen LogP contribution in [0.15, 0.2) is 42.6 Å². The summed E-state index contributed by atoms with van der Waals surface area (Å²) < 4.78 is 1.80. The molecule has 0 radical (unpaired) electrons. The topological polar surface area (TPSA) is 62.5 Å². The lowest BCUT2D eigenvalue weighted by molar-refractivity contribution is -0.117. The molecule has 134 valence electrons. The molecule has 4 rings (SSSR count). The van der Waals surface area contributed by atoms with Gasteiger partial charge in [0.25, 0.3) is 0 Å². The smallest absolute Gasteiger partial charge is 0.229 e. The largest absolute Gasteiger partial charge is 0.365 e. The molecular weight excluding hydrogens is 326 g/mol. The van der Waals surface area contributed by atoms with E-state index in [0.29, 0.717) is 18.9 Å². The number of rotatable bonds is 4. The van der Waals surface area contributed by atoms with Crippen molar-refractivity contribution in [3.05, 3.63) is 53.9 Å². The van der Waals surface area contributed by atoms with Crippen LogP contribution < -0.4 is 10.2 Å². The predicted octanol–water partition coefficient (Wildman–Crippen LogP) is 3.38. The van der Waals surface area contributed by atoms with Gasteiger partial charge in [0, 0.05) is 36.5 Å². The summed E-state index contributed by atoms with van der Waals surface area (Å²) in [4.78, 5) is 19.0. The van der Waals surface area contributed by atoms with Crippen LogP contribution in [0.3, 0.4) is 0 Å². The van der Waals surface area contributed by atoms with Crippen LogP contribution in [0, 0.1) is 6.92 Å². The molecule has 1 aliphatic rings. The van der Waals surface area contributed by atoms with Crippen LogP contribution in [0.5, 0.6) is 0 Å². The van der Waals surface area contributed by atoms with Crippen LogP contribution in [-0.2, 0) is 4.79 Å². The van der Waals surface area contributed by atoms with Gasteiger partial charge in [-0.2, -0.15) is 9.61 Å². The summed E-state index contributed by atoms with van der Waals surface area (Å²) in [5.41, 5.74) is 3.97. The third kappa shape index (κ3) is 3.03. The minimum absolute atomic E-state index is 0.0404. The summed E-state index contributed by atoms with van der Waals surface area (Å²) >= 11 is 0. The van der Waals surface area contributed by atoms with Crippen LogP contribution in [0.1, 0.15) is 37.4 Å². The Bertz CT molecular complexity index is 944. The number of benzene rings is 1. The second-order valence-corrected chi connectivity index (χ2v) is 7.21. The molecule has 1 N–H and O–H groups in total. The zero-order valence-electron chi connectivity index (χ0n) is 15.3. The van der Waals surface area contributed by atoms with Gasteiger partial charge >= 0.3 is 0 Å². The number of aromatic nitrogens is 3. The number of nitrogens with zero attached hydrogens (tertiary/aromatic N) is 4. The van der Waals surface area contributed by atoms with Gasteiger partial charge in [-0.3, -0.25) is 4.79 Å². The van der Waals surface area contributed by atoms with Crippen LogP contribution in [0.4, 0.5) is 11.5 Å². The first-order valence-corrected chi connectivity index (χ1v) is 8.99. The highest BCUT2D eigenvalue weighted by atomic mass is 16.2. The SMILES string of the molecule is Cc1ccc(N2CC(Nc3cc(C(C)C)nc4ccnn34)CC2=O)cc1. The van der Waals surface area contributed by atoms with Crippen molar-refractivity contribution < 1.29 is 4.79 Å². The monoisotopic (exact) mass is 349 g/mol. The molecule has 0 saturated carbocycles. The average molecular weight is 349 g/mol. The summed E-state index contributed by atoms with van der Waals surface area (Å²) in [6, 6.07) is 12.1. The number of nitrogens with one attached hydrogen (secondary N) is 1. The summed E-state index contributed by atoms with van der Waals surface area (Å²) in [6.07, 6.45) is 2.21. The standard InChI is InChI=1S/C20H23N5O/c1-13(2)17-11-19(25-18(23-17)8-9-21-25)22-15-10-20(26)24(12-15)16-6-4-14(3)5-7-16/h4-9,11,13,15,22H,10,12H2,1-3H3. The van der Waals surface area contributed by atoms with Crippen molar-refractivity contribution in [2.45, 2.75) is 39.2 Å². The first-order valence-electron chi connectivity index (χ1n) is 8.99. The van der Waals surface area contributed by atoms with Gasteiger partial charge in [0.15, 0.2) is 5.65 Å². The number of amides is 1. The molecule has 1 aliphatic heterocycles. The fraction of sp³-hybridized carbons (Fsp3) is 0.350. The minimum atomic E-state index is 0.0404. The summed E-state index contributed by atoms with van der Waals surface area (Å²) in [6.45, 7) is 6.93. The van der Waals surface area contributed by atoms with E-state index < -0.39 is 0 Å². The first-order chi connectivity index (χ1) is 12.5. The van der Waals surface area contributed by atoms with Gasteiger partial charge in [-0.1, -0.05) is 31.5 Å². The minimum Gasteiger partial charge on any atom is -0.365 e. The molecule has 1 unspecified atom stereocenters. The van der Waals surface area contributed by atoms with Gasteiger partial charge in [0.1, 0.15) is 5.82 Å². The van der Waals surface area contributed by atoms with Crippen molar-refractivity contribution in [1.82, 2.24) is 14.6 Å². The number of aryl methyl sites for hydroxylation is 1. The molecule has 1 fully saturated rings. The average Bonchev–Trinajstić information content (AvgIpc) is 3.22. The molecule has 1 atom stereocenters. The Morgan fingerprint density at radius 3 is 2.69 bits per heavy atom. The lowest BCUT2D eigenvalue weighted by Gasteiger charge is -2.19. The Labute approximate surface area is 152 Å². The maximum atomic E-state index is 12.5. The number of fused-ring (bicyclic) bond motifs is 1. The van der Waals surface area contributed by atoms with Crippen LogP contribution >= 0.6 is 0 Å². The molecule has 1 amide bonds. The van der Waals surface area contributed by atoms with Crippen molar-refractivity contribution in [2.75, 3.05) is 16.8 Å². The van der Waals surface area contributed by atoms with E-state index in [1.165, 1.54) is 5.56 Å². The molecule has 0 aliphatic carbocycles. The van der Waals surface area contributed by atoms with Gasteiger partial charge in [0.2, 0.25) is 5.91 Å². The first kappa shape index (κ1) is 16.6. The molecule has 3 heterocycles. The number of hydrogen-bond acceptors (Lipinski definition) is 4. The van der Waals surface area contributed by atoms with Gasteiger partial charge in [-0.15, -0.1) is 0 Å². The van der Waals surface area contributed by atoms with Crippen LogP contribution in [0.2, 0.25) is 0 Å². The zero-order valence-corrected chi connectivity index (χ0v) is 15.3. The van der Waals surface area contributed by atoms with Crippen LogP contribution in [0.25, 0.3) is 5.65 Å². The Morgan fingerprint density at radius 2 is 1.96 bits per heavy atom. The van der Waals surface area contributed by atoms with E-state index in [2.05, 4.69) is 29.2 Å². The number of hydrogen-bond donors (Lipinski definition) is 1. The van der Waals surface area contributed by atoms with Crippen LogP contribution in [-0.4, -0.2) is 33.1 Å². The van der Waals surface area contributed by atoms with E-state index in [1.54, 1.807) is 10.7 Å². The highest BCUT2D eigenvalue weighted by Crippen LogP contribution is 2.25. The van der Waals surface area contributed by atoms with E-state index in [0.717, 1.165) is 22.8 Å². The Morgan fingerprint density at radius 1 is 1.19 bits per heavy atom. The quantitative estimate of drug-likeness (QED) is 0.784. The fourth-order valence-electron chi connectivity index (χ4n) is 3.32. The molecule has 0 bridgehead atoms. The molecule has 1 aromatic carbocycles. The highest BCUT2D eigenvalue weighted by molar-refractivity contribution is 5.96. The number of carbonyl (C=O) groups excluding carboxylic acids is 1. The van der Waals surface area contributed by atoms with Crippen molar-refractivity contribution in [2.24, 2.45) is 0 Å². The predicted molar refractivity (Wildman–Crippen MR) is 103 cm³/mol. The van der Waals surface area contributed by atoms with Gasteiger partial charge in [0.05, 0.1) is 12.2 Å². The van der Waals surface area contributed by atoms with Crippen molar-refractivity contribution in [3.8, 4) is 0 Å². The van der Waals surface area contributed by atoms with Gasteiger partial charge in [-0.05, 0) is 25.0 Å². The molecule has 6 nitrogen and oxygen atoms in total. The summed E-state index contributed by atoms with van der Waals surface area (Å²) in [7, 11) is 0. The number of carbonyl (C=O) groups is 1. The molecule has 1 saturated heterocycles. The van der Waals surface area contributed by atoms with Gasteiger partial charge in [-0.25, -0.2) is 4.98 Å². The third-order valence-corrected chi connectivity index (χ3v) is 4.79. The molecule has 0 spiro atoms. The lowest BCUT2D eigenvalue weighted by Crippen LogP contribution is -2.28.